The minimum absolute atomic E-state index is 0. The van der Waals surface area contributed by atoms with Crippen LogP contribution >= 0.6 is 12.4 Å². The van der Waals surface area contributed by atoms with Crippen LogP contribution in [0.5, 0.6) is 0 Å². The second-order valence-corrected chi connectivity index (χ2v) is 6.96. The van der Waals surface area contributed by atoms with Gasteiger partial charge in [-0.2, -0.15) is 5.10 Å². The molecule has 1 aromatic carbocycles. The number of halogens is 1. The van der Waals surface area contributed by atoms with Gasteiger partial charge in [-0.25, -0.2) is 4.98 Å². The molecule has 3 N–H and O–H groups in total. The number of aromatic nitrogens is 4. The first kappa shape index (κ1) is 20.8. The Morgan fingerprint density at radius 2 is 2.10 bits per heavy atom. The smallest absolute Gasteiger partial charge is 0.273 e. The zero-order valence-corrected chi connectivity index (χ0v) is 17.1. The molecule has 29 heavy (non-hydrogen) atoms. The maximum absolute atomic E-state index is 13.1. The van der Waals surface area contributed by atoms with Crippen LogP contribution < -0.4 is 10.6 Å². The van der Waals surface area contributed by atoms with Gasteiger partial charge in [0.25, 0.3) is 5.91 Å². The molecule has 1 aliphatic rings. The van der Waals surface area contributed by atoms with Crippen LogP contribution in [0.3, 0.4) is 0 Å². The molecule has 1 aliphatic heterocycles. The van der Waals surface area contributed by atoms with Gasteiger partial charge in [0, 0.05) is 44.5 Å². The highest BCUT2D eigenvalue weighted by Crippen LogP contribution is 2.21. The number of rotatable bonds is 4. The van der Waals surface area contributed by atoms with Gasteiger partial charge in [-0.3, -0.25) is 14.7 Å². The van der Waals surface area contributed by atoms with Gasteiger partial charge in [0.1, 0.15) is 17.9 Å². The van der Waals surface area contributed by atoms with Crippen molar-refractivity contribution in [2.45, 2.75) is 19.0 Å². The summed E-state index contributed by atoms with van der Waals surface area (Å²) in [6.45, 7) is 3.59. The molecule has 0 saturated carbocycles. The van der Waals surface area contributed by atoms with Crippen molar-refractivity contribution in [3.8, 4) is 0 Å². The average molecular weight is 418 g/mol. The van der Waals surface area contributed by atoms with Gasteiger partial charge in [0.2, 0.25) is 5.91 Å². The molecule has 0 bridgehead atoms. The Labute approximate surface area is 174 Å². The van der Waals surface area contributed by atoms with E-state index in [-0.39, 0.29) is 36.0 Å². The van der Waals surface area contributed by atoms with Gasteiger partial charge in [-0.15, -0.1) is 12.4 Å². The predicted octanol–water partition coefficient (Wildman–Crippen LogP) is 1.01. The molecule has 1 saturated heterocycles. The van der Waals surface area contributed by atoms with Crippen molar-refractivity contribution in [2.24, 2.45) is 7.05 Å². The number of piperazine rings is 1. The van der Waals surface area contributed by atoms with Crippen LogP contribution in [0.1, 0.15) is 29.3 Å². The summed E-state index contributed by atoms with van der Waals surface area (Å²) in [5.74, 6) is 0.307. The van der Waals surface area contributed by atoms with Crippen LogP contribution in [-0.2, 0) is 11.8 Å². The van der Waals surface area contributed by atoms with E-state index in [9.17, 15) is 9.59 Å². The molecule has 10 heteroatoms. The second kappa shape index (κ2) is 8.62. The molecule has 0 spiro atoms. The molecular weight excluding hydrogens is 394 g/mol. The molecule has 3 heterocycles. The summed E-state index contributed by atoms with van der Waals surface area (Å²) >= 11 is 0. The average Bonchev–Trinajstić information content (AvgIpc) is 3.33. The Morgan fingerprint density at radius 1 is 1.31 bits per heavy atom. The number of nitrogens with one attached hydrogen (secondary N) is 3. The number of amides is 2. The number of aromatic amines is 1. The van der Waals surface area contributed by atoms with Crippen LogP contribution in [0.2, 0.25) is 0 Å². The monoisotopic (exact) mass is 417 g/mol. The van der Waals surface area contributed by atoms with Crippen molar-refractivity contribution >= 4 is 35.1 Å². The summed E-state index contributed by atoms with van der Waals surface area (Å²) in [7, 11) is 1.91. The first-order chi connectivity index (χ1) is 13.6. The standard InChI is InChI=1S/C19H23N7O2.ClH/c1-12(22-18(27)16-13-5-3-4-6-14(13)23-24-16)19(28)26-10-7-20-11-15(26)17-21-8-9-25(17)2;/h3-6,8-9,12,15,20H,7,10-11H2,1-2H3,(H,22,27)(H,23,24);1H. The summed E-state index contributed by atoms with van der Waals surface area (Å²) in [6.07, 6.45) is 3.58. The van der Waals surface area contributed by atoms with Gasteiger partial charge in [-0.1, -0.05) is 18.2 Å². The fraction of sp³-hybridized carbons (Fsp3) is 0.368. The van der Waals surface area contributed by atoms with E-state index in [1.54, 1.807) is 18.0 Å². The summed E-state index contributed by atoms with van der Waals surface area (Å²) in [4.78, 5) is 32.0. The normalized spacial score (nSPS) is 17.6. The number of hydrogen-bond acceptors (Lipinski definition) is 5. The molecule has 2 atom stereocenters. The molecule has 2 amide bonds. The molecule has 2 aromatic heterocycles. The first-order valence-electron chi connectivity index (χ1n) is 9.28. The summed E-state index contributed by atoms with van der Waals surface area (Å²) in [6, 6.07) is 6.55. The van der Waals surface area contributed by atoms with Crippen LogP contribution in [0.15, 0.2) is 36.7 Å². The third-order valence-corrected chi connectivity index (χ3v) is 5.09. The number of benzene rings is 1. The Morgan fingerprint density at radius 3 is 2.86 bits per heavy atom. The summed E-state index contributed by atoms with van der Waals surface area (Å²) < 4.78 is 1.91. The van der Waals surface area contributed by atoms with Crippen molar-refractivity contribution in [1.29, 1.82) is 0 Å². The molecule has 0 radical (unpaired) electrons. The summed E-state index contributed by atoms with van der Waals surface area (Å²) in [5.41, 5.74) is 1.07. The minimum Gasteiger partial charge on any atom is -0.339 e. The number of imidazole rings is 1. The fourth-order valence-corrected chi connectivity index (χ4v) is 3.61. The molecule has 154 valence electrons. The largest absolute Gasteiger partial charge is 0.339 e. The molecule has 0 aliphatic carbocycles. The zero-order valence-electron chi connectivity index (χ0n) is 16.3. The number of para-hydroxylation sites is 1. The van der Waals surface area contributed by atoms with E-state index in [1.165, 1.54) is 0 Å². The van der Waals surface area contributed by atoms with E-state index in [2.05, 4.69) is 25.8 Å². The highest BCUT2D eigenvalue weighted by Gasteiger charge is 2.33. The lowest BCUT2D eigenvalue weighted by atomic mass is 10.1. The highest BCUT2D eigenvalue weighted by atomic mass is 35.5. The first-order valence-corrected chi connectivity index (χ1v) is 9.28. The van der Waals surface area contributed by atoms with Crippen LogP contribution in [-0.4, -0.2) is 62.1 Å². The second-order valence-electron chi connectivity index (χ2n) is 6.96. The Hall–Kier alpha value is -2.91. The zero-order chi connectivity index (χ0) is 19.7. The fourth-order valence-electron chi connectivity index (χ4n) is 3.61. The number of fused-ring (bicyclic) bond motifs is 1. The Bertz CT molecular complexity index is 1010. The number of hydrogen-bond donors (Lipinski definition) is 3. The van der Waals surface area contributed by atoms with Gasteiger partial charge in [0.15, 0.2) is 5.69 Å². The Kier molecular flexibility index (Phi) is 6.19. The van der Waals surface area contributed by atoms with E-state index in [0.29, 0.717) is 19.6 Å². The number of carbonyl (C=O) groups is 2. The lowest BCUT2D eigenvalue weighted by molar-refractivity contribution is -0.136. The SMILES string of the molecule is CC(NC(=O)c1n[nH]c2ccccc12)C(=O)N1CCNCC1c1nccn1C.Cl. The van der Waals surface area contributed by atoms with Gasteiger partial charge < -0.3 is 20.1 Å². The van der Waals surface area contributed by atoms with Crippen LogP contribution in [0, 0.1) is 0 Å². The third kappa shape index (κ3) is 3.96. The van der Waals surface area contributed by atoms with Crippen LogP contribution in [0.25, 0.3) is 10.9 Å². The van der Waals surface area contributed by atoms with Gasteiger partial charge in [0.05, 0.1) is 5.52 Å². The van der Waals surface area contributed by atoms with Crippen molar-refractivity contribution in [1.82, 2.24) is 35.3 Å². The Balaban J connectivity index is 0.00000240. The molecular formula is C19H24ClN7O2. The van der Waals surface area contributed by atoms with Crippen molar-refractivity contribution < 1.29 is 9.59 Å². The van der Waals surface area contributed by atoms with Crippen molar-refractivity contribution in [3.63, 3.8) is 0 Å². The van der Waals surface area contributed by atoms with E-state index >= 15 is 0 Å². The number of H-pyrrole nitrogens is 1. The van der Waals surface area contributed by atoms with Crippen LogP contribution in [0.4, 0.5) is 0 Å². The molecule has 2 unspecified atom stereocenters. The third-order valence-electron chi connectivity index (χ3n) is 5.09. The van der Waals surface area contributed by atoms with Gasteiger partial charge >= 0.3 is 0 Å². The molecule has 4 rings (SSSR count). The lowest BCUT2D eigenvalue weighted by Crippen LogP contribution is -2.55. The maximum atomic E-state index is 13.1. The van der Waals surface area contributed by atoms with Crippen molar-refractivity contribution in [3.05, 3.63) is 48.2 Å². The van der Waals surface area contributed by atoms with E-state index in [4.69, 9.17) is 0 Å². The molecule has 9 nitrogen and oxygen atoms in total. The van der Waals surface area contributed by atoms with E-state index in [1.807, 2.05) is 42.1 Å². The molecule has 1 fully saturated rings. The number of nitrogens with zero attached hydrogens (tertiary/aromatic N) is 4. The minimum atomic E-state index is -0.677. The highest BCUT2D eigenvalue weighted by molar-refractivity contribution is 6.05. The van der Waals surface area contributed by atoms with Gasteiger partial charge in [-0.05, 0) is 13.0 Å². The molecule has 3 aromatic rings. The number of carbonyl (C=O) groups excluding carboxylic acids is 2. The van der Waals surface area contributed by atoms with E-state index < -0.39 is 6.04 Å². The quantitative estimate of drug-likeness (QED) is 0.587. The maximum Gasteiger partial charge on any atom is 0.273 e. The van der Waals surface area contributed by atoms with Crippen molar-refractivity contribution in [2.75, 3.05) is 19.6 Å². The summed E-state index contributed by atoms with van der Waals surface area (Å²) in [5, 5.41) is 13.8. The lowest BCUT2D eigenvalue weighted by Gasteiger charge is -2.37. The number of aryl methyl sites for hydroxylation is 1. The predicted molar refractivity (Wildman–Crippen MR) is 111 cm³/mol. The topological polar surface area (TPSA) is 108 Å². The van der Waals surface area contributed by atoms with E-state index in [0.717, 1.165) is 16.7 Å².